The third-order valence-electron chi connectivity index (χ3n) is 5.66. The Morgan fingerprint density at radius 2 is 1.86 bits per heavy atom. The van der Waals surface area contributed by atoms with Crippen LogP contribution in [-0.4, -0.2) is 35.2 Å². The average Bonchev–Trinajstić information content (AvgIpc) is 3.38. The monoisotopic (exact) mass is 391 g/mol. The Labute approximate surface area is 170 Å². The number of carbonyl (C=O) groups is 3. The van der Waals surface area contributed by atoms with Crippen molar-refractivity contribution in [1.82, 2.24) is 10.2 Å². The molecule has 0 bridgehead atoms. The van der Waals surface area contributed by atoms with Gasteiger partial charge in [0.05, 0.1) is 0 Å². The maximum atomic E-state index is 12.7. The van der Waals surface area contributed by atoms with Gasteiger partial charge in [0.15, 0.2) is 0 Å². The number of likely N-dealkylation sites (tertiary alicyclic amines) is 1. The van der Waals surface area contributed by atoms with Gasteiger partial charge in [-0.1, -0.05) is 43.3 Å². The van der Waals surface area contributed by atoms with Gasteiger partial charge in [0.25, 0.3) is 5.91 Å². The van der Waals surface area contributed by atoms with Crippen molar-refractivity contribution in [2.75, 3.05) is 11.9 Å². The summed E-state index contributed by atoms with van der Waals surface area (Å²) in [5, 5.41) is 5.71. The Kier molecular flexibility index (Phi) is 5.34. The third kappa shape index (κ3) is 4.47. The second-order valence-corrected chi connectivity index (χ2v) is 7.95. The van der Waals surface area contributed by atoms with Crippen LogP contribution in [0.15, 0.2) is 54.6 Å². The molecule has 2 aromatic rings. The smallest absolute Gasteiger partial charge is 0.252 e. The molecular formula is C23H25N3O3. The minimum absolute atomic E-state index is 0.00224. The van der Waals surface area contributed by atoms with Crippen molar-refractivity contribution in [3.8, 4) is 0 Å². The standard InChI is InChI=1S/C23H25N3O3/c1-15-12-19(15)22(28)24-18-9-5-8-17(13-18)21(27)25-20-10-11-26(23(20)29)14-16-6-3-2-4-7-16/h2-9,13,15,19-20H,10-12,14H2,1H3,(H,24,28)(H,25,27). The van der Waals surface area contributed by atoms with E-state index in [9.17, 15) is 14.4 Å². The summed E-state index contributed by atoms with van der Waals surface area (Å²) in [5.41, 5.74) is 2.10. The molecule has 2 aliphatic rings. The average molecular weight is 391 g/mol. The molecule has 2 aromatic carbocycles. The first-order valence-electron chi connectivity index (χ1n) is 10.1. The minimum atomic E-state index is -0.517. The molecule has 3 amide bonds. The zero-order valence-electron chi connectivity index (χ0n) is 16.4. The topological polar surface area (TPSA) is 78.5 Å². The van der Waals surface area contributed by atoms with Crippen LogP contribution in [0, 0.1) is 11.8 Å². The lowest BCUT2D eigenvalue weighted by Crippen LogP contribution is -2.41. The highest BCUT2D eigenvalue weighted by atomic mass is 16.2. The molecule has 3 unspecified atom stereocenters. The molecule has 0 aromatic heterocycles. The lowest BCUT2D eigenvalue weighted by molar-refractivity contribution is -0.129. The molecule has 1 aliphatic carbocycles. The van der Waals surface area contributed by atoms with Crippen LogP contribution in [0.4, 0.5) is 5.69 Å². The van der Waals surface area contributed by atoms with E-state index in [-0.39, 0.29) is 23.6 Å². The molecule has 0 spiro atoms. The Bertz CT molecular complexity index is 928. The van der Waals surface area contributed by atoms with Gasteiger partial charge in [-0.2, -0.15) is 0 Å². The van der Waals surface area contributed by atoms with E-state index in [1.165, 1.54) is 0 Å². The molecular weight excluding hydrogens is 366 g/mol. The van der Waals surface area contributed by atoms with E-state index >= 15 is 0 Å². The van der Waals surface area contributed by atoms with Crippen LogP contribution in [0.2, 0.25) is 0 Å². The fourth-order valence-electron chi connectivity index (χ4n) is 3.74. The molecule has 6 nitrogen and oxygen atoms in total. The van der Waals surface area contributed by atoms with Gasteiger partial charge in [0, 0.05) is 30.3 Å². The highest BCUT2D eigenvalue weighted by Gasteiger charge is 2.39. The van der Waals surface area contributed by atoms with Crippen LogP contribution < -0.4 is 10.6 Å². The number of nitrogens with one attached hydrogen (secondary N) is 2. The second-order valence-electron chi connectivity index (χ2n) is 7.95. The number of anilines is 1. The predicted molar refractivity (Wildman–Crippen MR) is 110 cm³/mol. The van der Waals surface area contributed by atoms with Gasteiger partial charge < -0.3 is 15.5 Å². The fraction of sp³-hybridized carbons (Fsp3) is 0.348. The van der Waals surface area contributed by atoms with E-state index in [0.717, 1.165) is 12.0 Å². The molecule has 150 valence electrons. The zero-order chi connectivity index (χ0) is 20.4. The van der Waals surface area contributed by atoms with Gasteiger partial charge in [0.2, 0.25) is 11.8 Å². The highest BCUT2D eigenvalue weighted by Crippen LogP contribution is 2.38. The highest BCUT2D eigenvalue weighted by molar-refractivity contribution is 6.00. The van der Waals surface area contributed by atoms with E-state index in [1.54, 1.807) is 29.2 Å². The molecule has 1 heterocycles. The van der Waals surface area contributed by atoms with Gasteiger partial charge in [0.1, 0.15) is 6.04 Å². The number of amides is 3. The number of benzene rings is 2. The van der Waals surface area contributed by atoms with Gasteiger partial charge in [-0.05, 0) is 42.5 Å². The minimum Gasteiger partial charge on any atom is -0.340 e. The van der Waals surface area contributed by atoms with Crippen molar-refractivity contribution < 1.29 is 14.4 Å². The third-order valence-corrected chi connectivity index (χ3v) is 5.66. The number of nitrogens with zero attached hydrogens (tertiary/aromatic N) is 1. The van der Waals surface area contributed by atoms with E-state index in [4.69, 9.17) is 0 Å². The molecule has 0 radical (unpaired) electrons. The molecule has 1 aliphatic heterocycles. The first-order chi connectivity index (χ1) is 14.0. The molecule has 2 N–H and O–H groups in total. The van der Waals surface area contributed by atoms with Crippen LogP contribution in [0.25, 0.3) is 0 Å². The van der Waals surface area contributed by atoms with Crippen molar-refractivity contribution >= 4 is 23.4 Å². The number of hydrogen-bond acceptors (Lipinski definition) is 3. The van der Waals surface area contributed by atoms with Crippen molar-refractivity contribution in [1.29, 1.82) is 0 Å². The Morgan fingerprint density at radius 1 is 1.10 bits per heavy atom. The molecule has 1 saturated heterocycles. The number of hydrogen-bond donors (Lipinski definition) is 2. The molecule has 29 heavy (non-hydrogen) atoms. The Balaban J connectivity index is 1.35. The van der Waals surface area contributed by atoms with Crippen molar-refractivity contribution in [2.24, 2.45) is 11.8 Å². The first kappa shape index (κ1) is 19.2. The normalized spacial score (nSPS) is 23.0. The Hall–Kier alpha value is -3.15. The summed E-state index contributed by atoms with van der Waals surface area (Å²) in [4.78, 5) is 39.2. The van der Waals surface area contributed by atoms with E-state index in [1.807, 2.05) is 37.3 Å². The fourth-order valence-corrected chi connectivity index (χ4v) is 3.74. The molecule has 1 saturated carbocycles. The Morgan fingerprint density at radius 3 is 2.59 bits per heavy atom. The molecule has 4 rings (SSSR count). The van der Waals surface area contributed by atoms with Gasteiger partial charge >= 0.3 is 0 Å². The number of carbonyl (C=O) groups excluding carboxylic acids is 3. The molecule has 3 atom stereocenters. The quantitative estimate of drug-likeness (QED) is 0.795. The van der Waals surface area contributed by atoms with Crippen LogP contribution in [0.1, 0.15) is 35.7 Å². The summed E-state index contributed by atoms with van der Waals surface area (Å²) in [5.74, 6) is 0.126. The lowest BCUT2D eigenvalue weighted by Gasteiger charge is -2.17. The number of rotatable bonds is 6. The molecule has 6 heteroatoms. The summed E-state index contributed by atoms with van der Waals surface area (Å²) in [6.45, 7) is 3.22. The van der Waals surface area contributed by atoms with Crippen molar-refractivity contribution in [3.05, 3.63) is 65.7 Å². The van der Waals surface area contributed by atoms with Gasteiger partial charge in [-0.25, -0.2) is 0 Å². The zero-order valence-corrected chi connectivity index (χ0v) is 16.4. The lowest BCUT2D eigenvalue weighted by atomic mass is 10.1. The summed E-state index contributed by atoms with van der Waals surface area (Å²) < 4.78 is 0. The molecule has 2 fully saturated rings. The summed E-state index contributed by atoms with van der Waals surface area (Å²) >= 11 is 0. The second kappa shape index (κ2) is 8.07. The summed E-state index contributed by atoms with van der Waals surface area (Å²) in [7, 11) is 0. The van der Waals surface area contributed by atoms with E-state index in [0.29, 0.717) is 36.7 Å². The summed E-state index contributed by atoms with van der Waals surface area (Å²) in [6, 6.07) is 16.1. The van der Waals surface area contributed by atoms with Crippen molar-refractivity contribution in [2.45, 2.75) is 32.4 Å². The largest absolute Gasteiger partial charge is 0.340 e. The van der Waals surface area contributed by atoms with E-state index in [2.05, 4.69) is 10.6 Å². The van der Waals surface area contributed by atoms with Crippen LogP contribution in [-0.2, 0) is 16.1 Å². The first-order valence-corrected chi connectivity index (χ1v) is 10.1. The van der Waals surface area contributed by atoms with Crippen LogP contribution >= 0.6 is 0 Å². The van der Waals surface area contributed by atoms with Gasteiger partial charge in [-0.3, -0.25) is 14.4 Å². The summed E-state index contributed by atoms with van der Waals surface area (Å²) in [6.07, 6.45) is 1.50. The SMILES string of the molecule is CC1CC1C(=O)Nc1cccc(C(=O)NC2CCN(Cc3ccccc3)C2=O)c1. The van der Waals surface area contributed by atoms with E-state index < -0.39 is 6.04 Å². The van der Waals surface area contributed by atoms with Crippen LogP contribution in [0.5, 0.6) is 0 Å². The van der Waals surface area contributed by atoms with Crippen molar-refractivity contribution in [3.63, 3.8) is 0 Å². The predicted octanol–water partition coefficient (Wildman–Crippen LogP) is 2.81. The van der Waals surface area contributed by atoms with Gasteiger partial charge in [-0.15, -0.1) is 0 Å². The maximum absolute atomic E-state index is 12.7. The van der Waals surface area contributed by atoms with Crippen LogP contribution in [0.3, 0.4) is 0 Å². The maximum Gasteiger partial charge on any atom is 0.252 e.